The summed E-state index contributed by atoms with van der Waals surface area (Å²) in [5.74, 6) is 0. The average molecular weight is 332 g/mol. The first-order chi connectivity index (χ1) is 9.94. The van der Waals surface area contributed by atoms with Gasteiger partial charge >= 0.3 is 12.4 Å². The maximum Gasteiger partial charge on any atom is 0.417 e. The van der Waals surface area contributed by atoms with Crippen LogP contribution in [-0.4, -0.2) is 25.7 Å². The van der Waals surface area contributed by atoms with Crippen molar-refractivity contribution in [2.24, 2.45) is 0 Å². The van der Waals surface area contributed by atoms with Crippen molar-refractivity contribution in [3.05, 3.63) is 29.3 Å². The fourth-order valence-corrected chi connectivity index (χ4v) is 1.71. The lowest BCUT2D eigenvalue weighted by Gasteiger charge is -2.26. The third-order valence-electron chi connectivity index (χ3n) is 2.52. The fraction of sp³-hybridized carbons (Fsp3) is 0.417. The van der Waals surface area contributed by atoms with Gasteiger partial charge in [0, 0.05) is 5.69 Å². The van der Waals surface area contributed by atoms with Crippen molar-refractivity contribution < 1.29 is 35.1 Å². The molecule has 1 aromatic rings. The molecule has 1 aromatic carbocycles. The highest BCUT2D eigenvalue weighted by Gasteiger charge is 2.36. The molecular formula is C12H8F8N2. The van der Waals surface area contributed by atoms with Gasteiger partial charge in [0.15, 0.2) is 0 Å². The van der Waals surface area contributed by atoms with Crippen LogP contribution in [-0.2, 0) is 6.18 Å². The first kappa shape index (κ1) is 18.0. The minimum atomic E-state index is -4.99. The van der Waals surface area contributed by atoms with Gasteiger partial charge in [-0.15, -0.1) is 0 Å². The van der Waals surface area contributed by atoms with E-state index in [9.17, 15) is 35.1 Å². The van der Waals surface area contributed by atoms with E-state index in [1.807, 2.05) is 0 Å². The molecule has 22 heavy (non-hydrogen) atoms. The monoisotopic (exact) mass is 332 g/mol. The van der Waals surface area contributed by atoms with Gasteiger partial charge in [-0.25, -0.2) is 8.78 Å². The van der Waals surface area contributed by atoms with E-state index < -0.39 is 48.7 Å². The molecule has 122 valence electrons. The Hall–Kier alpha value is -2.05. The third-order valence-corrected chi connectivity index (χ3v) is 2.52. The summed E-state index contributed by atoms with van der Waals surface area (Å²) in [6.07, 6.45) is -13.0. The van der Waals surface area contributed by atoms with E-state index >= 15 is 0 Å². The molecule has 0 heterocycles. The van der Waals surface area contributed by atoms with Gasteiger partial charge in [-0.3, -0.25) is 0 Å². The molecule has 0 bridgehead atoms. The molecule has 0 fully saturated rings. The summed E-state index contributed by atoms with van der Waals surface area (Å²) in [5.41, 5.74) is -2.97. The van der Waals surface area contributed by atoms with Gasteiger partial charge in [-0.1, -0.05) is 0 Å². The van der Waals surface area contributed by atoms with Crippen LogP contribution < -0.4 is 4.90 Å². The number of nitrogens with zero attached hydrogens (tertiary/aromatic N) is 2. The highest BCUT2D eigenvalue weighted by atomic mass is 19.4. The van der Waals surface area contributed by atoms with Gasteiger partial charge in [-0.05, 0) is 18.2 Å². The summed E-state index contributed by atoms with van der Waals surface area (Å²) >= 11 is 0. The van der Waals surface area contributed by atoms with E-state index in [1.165, 1.54) is 6.07 Å². The second kappa shape index (κ2) is 6.37. The SMILES string of the molecule is N#Cc1ccc(N(CC(F)F)CC(F)(F)F)cc1C(F)(F)F. The summed E-state index contributed by atoms with van der Waals surface area (Å²) in [6, 6.07) is 2.92. The average Bonchev–Trinajstić information content (AvgIpc) is 2.34. The minimum absolute atomic E-state index is 0.0844. The number of benzene rings is 1. The van der Waals surface area contributed by atoms with Crippen molar-refractivity contribution in [2.45, 2.75) is 18.8 Å². The van der Waals surface area contributed by atoms with Crippen LogP contribution in [0.5, 0.6) is 0 Å². The molecule has 0 aliphatic carbocycles. The van der Waals surface area contributed by atoms with Crippen LogP contribution in [0.25, 0.3) is 0 Å². The number of halogens is 8. The molecule has 10 heteroatoms. The molecule has 0 spiro atoms. The lowest BCUT2D eigenvalue weighted by atomic mass is 10.1. The second-order valence-corrected chi connectivity index (χ2v) is 4.23. The molecule has 0 aliphatic heterocycles. The van der Waals surface area contributed by atoms with Crippen LogP contribution >= 0.6 is 0 Å². The quantitative estimate of drug-likeness (QED) is 0.772. The van der Waals surface area contributed by atoms with Crippen LogP contribution in [0.1, 0.15) is 11.1 Å². The fourth-order valence-electron chi connectivity index (χ4n) is 1.71. The van der Waals surface area contributed by atoms with E-state index in [0.717, 1.165) is 6.07 Å². The van der Waals surface area contributed by atoms with Crippen molar-refractivity contribution in [1.82, 2.24) is 0 Å². The minimum Gasteiger partial charge on any atom is -0.357 e. The van der Waals surface area contributed by atoms with Gasteiger partial charge in [0.1, 0.15) is 6.54 Å². The Morgan fingerprint density at radius 3 is 2.09 bits per heavy atom. The Labute approximate surface area is 119 Å². The van der Waals surface area contributed by atoms with Crippen molar-refractivity contribution >= 4 is 5.69 Å². The summed E-state index contributed by atoms with van der Waals surface area (Å²) in [6.45, 7) is -3.22. The van der Waals surface area contributed by atoms with Crippen LogP contribution in [0.4, 0.5) is 40.8 Å². The number of nitriles is 1. The molecule has 0 saturated carbocycles. The lowest BCUT2D eigenvalue weighted by Crippen LogP contribution is -2.37. The van der Waals surface area contributed by atoms with Gasteiger partial charge < -0.3 is 4.90 Å². The molecular weight excluding hydrogens is 324 g/mol. The van der Waals surface area contributed by atoms with Crippen molar-refractivity contribution in [3.8, 4) is 6.07 Å². The van der Waals surface area contributed by atoms with Gasteiger partial charge in [0.2, 0.25) is 0 Å². The summed E-state index contributed by atoms with van der Waals surface area (Å²) in [7, 11) is 0. The van der Waals surface area contributed by atoms with Gasteiger partial charge in [0.05, 0.1) is 23.7 Å². The number of hydrogen-bond donors (Lipinski definition) is 0. The van der Waals surface area contributed by atoms with E-state index in [0.29, 0.717) is 6.07 Å². The summed E-state index contributed by atoms with van der Waals surface area (Å²) in [5, 5.41) is 8.58. The third kappa shape index (κ3) is 5.05. The Morgan fingerprint density at radius 1 is 1.09 bits per heavy atom. The highest BCUT2D eigenvalue weighted by Crippen LogP contribution is 2.35. The van der Waals surface area contributed by atoms with Crippen LogP contribution in [0.15, 0.2) is 18.2 Å². The number of anilines is 1. The number of rotatable bonds is 4. The van der Waals surface area contributed by atoms with Crippen LogP contribution in [0.2, 0.25) is 0 Å². The maximum absolute atomic E-state index is 12.7. The largest absolute Gasteiger partial charge is 0.417 e. The van der Waals surface area contributed by atoms with E-state index in [2.05, 4.69) is 0 Å². The summed E-state index contributed by atoms with van der Waals surface area (Å²) in [4.78, 5) is 0.0844. The molecule has 0 aromatic heterocycles. The zero-order valence-corrected chi connectivity index (χ0v) is 10.6. The Kier molecular flexibility index (Phi) is 5.22. The van der Waals surface area contributed by atoms with Crippen LogP contribution in [0.3, 0.4) is 0 Å². The Bertz CT molecular complexity index is 556. The molecule has 1 rings (SSSR count). The maximum atomic E-state index is 12.7. The molecule has 2 nitrogen and oxygen atoms in total. The van der Waals surface area contributed by atoms with Crippen LogP contribution in [0, 0.1) is 11.3 Å². The van der Waals surface area contributed by atoms with E-state index in [4.69, 9.17) is 5.26 Å². The molecule has 0 aliphatic rings. The normalized spacial score (nSPS) is 12.4. The topological polar surface area (TPSA) is 27.0 Å². The number of hydrogen-bond acceptors (Lipinski definition) is 2. The smallest absolute Gasteiger partial charge is 0.357 e. The second-order valence-electron chi connectivity index (χ2n) is 4.23. The van der Waals surface area contributed by atoms with Gasteiger partial charge in [0.25, 0.3) is 6.43 Å². The summed E-state index contributed by atoms with van der Waals surface area (Å²) < 4.78 is 100.0. The van der Waals surface area contributed by atoms with Crippen molar-refractivity contribution in [1.29, 1.82) is 5.26 Å². The first-order valence-electron chi connectivity index (χ1n) is 5.65. The first-order valence-corrected chi connectivity index (χ1v) is 5.65. The van der Waals surface area contributed by atoms with Crippen molar-refractivity contribution in [2.75, 3.05) is 18.0 Å². The van der Waals surface area contributed by atoms with E-state index in [-0.39, 0.29) is 11.0 Å². The zero-order valence-electron chi connectivity index (χ0n) is 10.6. The number of alkyl halides is 8. The zero-order chi connectivity index (χ0) is 17.1. The molecule has 0 atom stereocenters. The standard InChI is InChI=1S/C12H8F8N2/c13-10(14)5-22(6-11(15,16)17)8-2-1-7(4-21)9(3-8)12(18,19)20/h1-3,10H,5-6H2. The molecule has 0 unspecified atom stereocenters. The Balaban J connectivity index is 3.28. The highest BCUT2D eigenvalue weighted by molar-refractivity contribution is 5.55. The molecule has 0 saturated heterocycles. The van der Waals surface area contributed by atoms with E-state index in [1.54, 1.807) is 0 Å². The molecule has 0 N–H and O–H groups in total. The van der Waals surface area contributed by atoms with Crippen molar-refractivity contribution in [3.63, 3.8) is 0 Å². The Morgan fingerprint density at radius 2 is 1.68 bits per heavy atom. The van der Waals surface area contributed by atoms with Gasteiger partial charge in [-0.2, -0.15) is 31.6 Å². The lowest BCUT2D eigenvalue weighted by molar-refractivity contribution is -0.137. The molecule has 0 radical (unpaired) electrons. The molecule has 0 amide bonds. The predicted molar refractivity (Wildman–Crippen MR) is 60.4 cm³/mol. The predicted octanol–water partition coefficient (Wildman–Crippen LogP) is 4.21.